The van der Waals surface area contributed by atoms with Crippen LogP contribution in [-0.4, -0.2) is 0 Å². The molecule has 0 bridgehead atoms. The first kappa shape index (κ1) is 11.8. The second kappa shape index (κ2) is 1.10. The first-order valence-corrected chi connectivity index (χ1v) is 13.2. The molecule has 0 aliphatic rings. The molecule has 0 spiro atoms. The van der Waals surface area contributed by atoms with Crippen molar-refractivity contribution in [1.29, 1.82) is 0 Å². The second-order valence-electron chi connectivity index (χ2n) is 1.41. The SMILES string of the molecule is [Cl][Fe]([Cl])([Cl])([Cl])([Cl])([Cl])([Cl])[Cl]. The van der Waals surface area contributed by atoms with Crippen molar-refractivity contribution in [3.8, 4) is 0 Å². The first-order valence-electron chi connectivity index (χ1n) is 1.07. The van der Waals surface area contributed by atoms with Crippen LogP contribution in [0, 0.1) is 0 Å². The van der Waals surface area contributed by atoms with Gasteiger partial charge < -0.3 is 0 Å². The Hall–Kier alpha value is 2.84. The van der Waals surface area contributed by atoms with E-state index in [-0.39, 0.29) is 0 Å². The molecule has 0 unspecified atom stereocenters. The summed E-state index contributed by atoms with van der Waals surface area (Å²) in [6, 6.07) is 0. The Bertz CT molecular complexity index is 139. The van der Waals surface area contributed by atoms with Gasteiger partial charge in [-0.15, -0.1) is 0 Å². The van der Waals surface area contributed by atoms with Crippen LogP contribution in [0.2, 0.25) is 0 Å². The molecule has 0 aromatic rings. The van der Waals surface area contributed by atoms with E-state index in [1.165, 1.54) is 0 Å². The van der Waals surface area contributed by atoms with Gasteiger partial charge in [0.15, 0.2) is 0 Å². The summed E-state index contributed by atoms with van der Waals surface area (Å²) in [6.45, 7) is 0. The quantitative estimate of drug-likeness (QED) is 0.510. The molecule has 9 heavy (non-hydrogen) atoms. The van der Waals surface area contributed by atoms with Crippen LogP contribution in [0.25, 0.3) is 0 Å². The molecule has 0 atom stereocenters. The summed E-state index contributed by atoms with van der Waals surface area (Å²) >= 11 is 0. The molecule has 0 rings (SSSR count). The van der Waals surface area contributed by atoms with Crippen molar-refractivity contribution in [1.82, 2.24) is 0 Å². The molecule has 9 heteroatoms. The Morgan fingerprint density at radius 1 is 0.444 bits per heavy atom. The predicted molar refractivity (Wildman–Crippen MR) is 46.8 cm³/mol. The van der Waals surface area contributed by atoms with E-state index in [0.717, 1.165) is 0 Å². The molecule has 0 radical (unpaired) electrons. The van der Waals surface area contributed by atoms with Gasteiger partial charge in [-0.25, -0.2) is 0 Å². The van der Waals surface area contributed by atoms with Crippen LogP contribution >= 0.6 is 80.8 Å². The van der Waals surface area contributed by atoms with E-state index in [1.807, 2.05) is 0 Å². The van der Waals surface area contributed by atoms with Crippen molar-refractivity contribution in [2.24, 2.45) is 0 Å². The van der Waals surface area contributed by atoms with Crippen molar-refractivity contribution in [2.45, 2.75) is 0 Å². The average molecular weight is 339 g/mol. The van der Waals surface area contributed by atoms with Crippen molar-refractivity contribution in [3.05, 3.63) is 0 Å². The van der Waals surface area contributed by atoms with Crippen LogP contribution < -0.4 is 0 Å². The Morgan fingerprint density at radius 2 is 0.444 bits per heavy atom. The van der Waals surface area contributed by atoms with E-state index < -0.39 is 1.33 Å². The summed E-state index contributed by atoms with van der Waals surface area (Å²) in [6.07, 6.45) is 0. The molecular formula is Cl8Fe. The summed E-state index contributed by atoms with van der Waals surface area (Å²) < 4.78 is -7.10. The van der Waals surface area contributed by atoms with Gasteiger partial charge in [-0.2, -0.15) is 0 Å². The maximum atomic E-state index is 5.05. The van der Waals surface area contributed by atoms with E-state index >= 15 is 0 Å². The van der Waals surface area contributed by atoms with Gasteiger partial charge in [0.2, 0.25) is 0 Å². The standard InChI is InChI=1S/8ClH.Fe/h8*1H;/q;;;;;;;;+8/p-8. The van der Waals surface area contributed by atoms with Gasteiger partial charge in [-0.3, -0.25) is 0 Å². The molecule has 0 nitrogen and oxygen atoms in total. The van der Waals surface area contributed by atoms with Crippen LogP contribution in [0.1, 0.15) is 0 Å². The van der Waals surface area contributed by atoms with Crippen molar-refractivity contribution in [2.75, 3.05) is 0 Å². The first-order chi connectivity index (χ1) is 2.83. The van der Waals surface area contributed by atoms with Crippen LogP contribution in [0.5, 0.6) is 0 Å². The van der Waals surface area contributed by atoms with Crippen LogP contribution in [0.3, 0.4) is 0 Å². The predicted octanol–water partition coefficient (Wildman–Crippen LogP) is 5.51. The average Bonchev–Trinajstić information content (AvgIpc) is 0.503. The van der Waals surface area contributed by atoms with Crippen LogP contribution in [0.15, 0.2) is 0 Å². The number of hydrogen-bond acceptors (Lipinski definition) is 0. The van der Waals surface area contributed by atoms with E-state index in [9.17, 15) is 0 Å². The molecular weight excluding hydrogens is 339 g/mol. The monoisotopic (exact) mass is 336 g/mol. The number of rotatable bonds is 0. The van der Waals surface area contributed by atoms with Gasteiger partial charge in [-0.05, 0) is 0 Å². The fraction of sp³-hybridized carbons (Fsp3) is 0. The van der Waals surface area contributed by atoms with Crippen molar-refractivity contribution >= 4 is 80.8 Å². The summed E-state index contributed by atoms with van der Waals surface area (Å²) in [5.74, 6) is 0. The Morgan fingerprint density at radius 3 is 0.444 bits per heavy atom. The van der Waals surface area contributed by atoms with Gasteiger partial charge in [0.25, 0.3) is 0 Å². The second-order valence-corrected chi connectivity index (χ2v) is 52.5. The molecule has 0 saturated heterocycles. The third-order valence-electron chi connectivity index (χ3n) is 0. The Labute approximate surface area is 81.0 Å². The van der Waals surface area contributed by atoms with Crippen LogP contribution in [-0.2, 0) is 1.33 Å². The van der Waals surface area contributed by atoms with Gasteiger partial charge in [-0.1, -0.05) is 0 Å². The molecule has 0 fully saturated rings. The van der Waals surface area contributed by atoms with Gasteiger partial charge >= 0.3 is 82.1 Å². The van der Waals surface area contributed by atoms with E-state index in [1.54, 1.807) is 0 Å². The zero-order chi connectivity index (χ0) is 8.35. The summed E-state index contributed by atoms with van der Waals surface area (Å²) in [5, 5.41) is 0. The molecule has 0 N–H and O–H groups in total. The zero-order valence-corrected chi connectivity index (χ0v) is 10.5. The molecule has 0 saturated carbocycles. The fourth-order valence-corrected chi connectivity index (χ4v) is 0. The fourth-order valence-electron chi connectivity index (χ4n) is 0. The number of halogens is 8. The molecule has 0 aromatic heterocycles. The molecule has 0 aromatic carbocycles. The molecule has 0 amide bonds. The molecule has 0 aliphatic heterocycles. The summed E-state index contributed by atoms with van der Waals surface area (Å²) in [5.41, 5.74) is 0. The minimum atomic E-state index is -7.10. The van der Waals surface area contributed by atoms with Gasteiger partial charge in [0.1, 0.15) is 0 Å². The normalized spacial score (nSPS) is 31.1. The maximum absolute atomic E-state index is 7.10. The topological polar surface area (TPSA) is 0 Å². The third kappa shape index (κ3) is 105. The Kier molecular flexibility index (Phi) is 1.45. The molecule has 0 aliphatic carbocycles. The summed E-state index contributed by atoms with van der Waals surface area (Å²) in [7, 11) is 40.4. The third-order valence-corrected chi connectivity index (χ3v) is 0. The van der Waals surface area contributed by atoms with Crippen molar-refractivity contribution in [3.63, 3.8) is 0 Å². The molecule has 0 heterocycles. The van der Waals surface area contributed by atoms with Gasteiger partial charge in [0, 0.05) is 0 Å². The number of hydrogen-bond donors (Lipinski definition) is 0. The van der Waals surface area contributed by atoms with Crippen molar-refractivity contribution < 1.29 is 1.33 Å². The zero-order valence-electron chi connectivity index (χ0n) is 3.38. The minimum absolute atomic E-state index is 5.05. The van der Waals surface area contributed by atoms with E-state index in [4.69, 9.17) is 80.8 Å². The summed E-state index contributed by atoms with van der Waals surface area (Å²) in [4.78, 5) is 0. The Balaban J connectivity index is 5.84. The van der Waals surface area contributed by atoms with E-state index in [0.29, 0.717) is 0 Å². The van der Waals surface area contributed by atoms with Crippen LogP contribution in [0.4, 0.5) is 0 Å². The van der Waals surface area contributed by atoms with Gasteiger partial charge in [0.05, 0.1) is 0 Å². The van der Waals surface area contributed by atoms with E-state index in [2.05, 4.69) is 0 Å². The molecule has 64 valence electrons.